The lowest BCUT2D eigenvalue weighted by atomic mass is 10.1. The van der Waals surface area contributed by atoms with Crippen molar-refractivity contribution in [2.24, 2.45) is 0 Å². The average molecular weight is 420 g/mol. The Kier molecular flexibility index (Phi) is 6.81. The van der Waals surface area contributed by atoms with Crippen LogP contribution in [0.15, 0.2) is 53.3 Å². The van der Waals surface area contributed by atoms with E-state index in [1.165, 1.54) is 6.92 Å². The van der Waals surface area contributed by atoms with Crippen molar-refractivity contribution in [1.82, 2.24) is 9.97 Å². The van der Waals surface area contributed by atoms with Crippen molar-refractivity contribution < 1.29 is 14.3 Å². The van der Waals surface area contributed by atoms with E-state index in [4.69, 9.17) is 4.74 Å². The van der Waals surface area contributed by atoms with Crippen LogP contribution in [0.1, 0.15) is 41.3 Å². The predicted molar refractivity (Wildman–Crippen MR) is 119 cm³/mol. The fourth-order valence-corrected chi connectivity index (χ4v) is 3.11. The molecule has 0 atom stereocenters. The molecule has 2 aromatic carbocycles. The van der Waals surface area contributed by atoms with Crippen LogP contribution in [0, 0.1) is 0 Å². The molecule has 0 saturated carbocycles. The molecule has 8 heteroatoms. The highest BCUT2D eigenvalue weighted by Gasteiger charge is 2.14. The highest BCUT2D eigenvalue weighted by atomic mass is 16.5. The fourth-order valence-electron chi connectivity index (χ4n) is 3.11. The second-order valence-electron chi connectivity index (χ2n) is 6.96. The molecule has 8 nitrogen and oxygen atoms in total. The number of nitrogens with one attached hydrogen (secondary N) is 3. The molecule has 2 amide bonds. The number of amides is 2. The number of aromatic amines is 1. The SMILES string of the molecule is CCc1ccc(NC(C)=O)cc1NC(=O)c1cc(=O)[nH]c(Cc2ccc(OC)cc2)n1. The fraction of sp³-hybridized carbons (Fsp3) is 0.217. The van der Waals surface area contributed by atoms with E-state index in [0.717, 1.165) is 22.9 Å². The summed E-state index contributed by atoms with van der Waals surface area (Å²) in [7, 11) is 1.59. The summed E-state index contributed by atoms with van der Waals surface area (Å²) in [5.74, 6) is 0.398. The molecular weight excluding hydrogens is 396 g/mol. The first-order chi connectivity index (χ1) is 14.9. The summed E-state index contributed by atoms with van der Waals surface area (Å²) in [5.41, 5.74) is 2.53. The monoisotopic (exact) mass is 420 g/mol. The Balaban J connectivity index is 1.83. The zero-order valence-electron chi connectivity index (χ0n) is 17.6. The molecule has 0 saturated heterocycles. The third-order valence-corrected chi connectivity index (χ3v) is 4.61. The zero-order valence-corrected chi connectivity index (χ0v) is 17.6. The van der Waals surface area contributed by atoms with E-state index in [1.807, 2.05) is 37.3 Å². The summed E-state index contributed by atoms with van der Waals surface area (Å²) in [6.45, 7) is 3.37. The quantitative estimate of drug-likeness (QED) is 0.543. The summed E-state index contributed by atoms with van der Waals surface area (Å²) >= 11 is 0. The Labute approximate surface area is 179 Å². The van der Waals surface area contributed by atoms with Crippen LogP contribution in [0.3, 0.4) is 0 Å². The molecule has 0 unspecified atom stereocenters. The molecular formula is C23H24N4O4. The number of hydrogen-bond acceptors (Lipinski definition) is 5. The average Bonchev–Trinajstić information content (AvgIpc) is 2.73. The van der Waals surface area contributed by atoms with Gasteiger partial charge >= 0.3 is 0 Å². The number of aryl methyl sites for hydroxylation is 1. The van der Waals surface area contributed by atoms with Crippen molar-refractivity contribution in [1.29, 1.82) is 0 Å². The van der Waals surface area contributed by atoms with E-state index in [-0.39, 0.29) is 11.6 Å². The number of aromatic nitrogens is 2. The number of carbonyl (C=O) groups excluding carboxylic acids is 2. The highest BCUT2D eigenvalue weighted by molar-refractivity contribution is 6.03. The first kappa shape index (κ1) is 21.8. The van der Waals surface area contributed by atoms with Crippen molar-refractivity contribution in [3.8, 4) is 5.75 Å². The molecule has 3 N–H and O–H groups in total. The van der Waals surface area contributed by atoms with E-state index >= 15 is 0 Å². The smallest absolute Gasteiger partial charge is 0.274 e. The number of rotatable bonds is 7. The number of benzene rings is 2. The zero-order chi connectivity index (χ0) is 22.4. The summed E-state index contributed by atoms with van der Waals surface area (Å²) in [4.78, 5) is 43.3. The topological polar surface area (TPSA) is 113 Å². The van der Waals surface area contributed by atoms with Gasteiger partial charge in [-0.15, -0.1) is 0 Å². The molecule has 0 aliphatic carbocycles. The van der Waals surface area contributed by atoms with Gasteiger partial charge in [0.05, 0.1) is 7.11 Å². The van der Waals surface area contributed by atoms with Gasteiger partial charge in [-0.3, -0.25) is 14.4 Å². The Bertz CT molecular complexity index is 1150. The number of H-pyrrole nitrogens is 1. The molecule has 3 aromatic rings. The maximum atomic E-state index is 12.8. The number of ether oxygens (including phenoxy) is 1. The Morgan fingerprint density at radius 1 is 1.06 bits per heavy atom. The van der Waals surface area contributed by atoms with Crippen LogP contribution >= 0.6 is 0 Å². The molecule has 3 rings (SSSR count). The van der Waals surface area contributed by atoms with Gasteiger partial charge in [-0.05, 0) is 41.8 Å². The number of nitrogens with zero attached hydrogens (tertiary/aromatic N) is 1. The van der Waals surface area contributed by atoms with Crippen LogP contribution in [-0.4, -0.2) is 28.9 Å². The van der Waals surface area contributed by atoms with E-state index in [0.29, 0.717) is 30.0 Å². The molecule has 31 heavy (non-hydrogen) atoms. The van der Waals surface area contributed by atoms with Crippen molar-refractivity contribution in [3.05, 3.63) is 81.5 Å². The molecule has 0 spiro atoms. The van der Waals surface area contributed by atoms with Crippen LogP contribution in [0.5, 0.6) is 5.75 Å². The minimum atomic E-state index is -0.503. The molecule has 0 bridgehead atoms. The second-order valence-corrected chi connectivity index (χ2v) is 6.96. The van der Waals surface area contributed by atoms with Gasteiger partial charge in [-0.2, -0.15) is 0 Å². The minimum Gasteiger partial charge on any atom is -0.497 e. The molecule has 1 aromatic heterocycles. The van der Waals surface area contributed by atoms with E-state index in [1.54, 1.807) is 19.2 Å². The van der Waals surface area contributed by atoms with Gasteiger partial charge in [-0.1, -0.05) is 25.1 Å². The van der Waals surface area contributed by atoms with Gasteiger partial charge in [0.2, 0.25) is 5.91 Å². The minimum absolute atomic E-state index is 0.0132. The van der Waals surface area contributed by atoms with Crippen molar-refractivity contribution in [3.63, 3.8) is 0 Å². The number of methoxy groups -OCH3 is 1. The third kappa shape index (κ3) is 5.79. The van der Waals surface area contributed by atoms with Crippen LogP contribution in [0.25, 0.3) is 0 Å². The second kappa shape index (κ2) is 9.71. The number of hydrogen-bond donors (Lipinski definition) is 3. The summed E-state index contributed by atoms with van der Waals surface area (Å²) < 4.78 is 5.14. The molecule has 1 heterocycles. The molecule has 0 aliphatic heterocycles. The Morgan fingerprint density at radius 2 is 1.81 bits per heavy atom. The lowest BCUT2D eigenvalue weighted by Crippen LogP contribution is -2.21. The standard InChI is InChI=1S/C23H24N4O4/c1-4-16-7-8-17(24-14(2)28)12-19(16)26-23(30)20-13-22(29)27-21(25-20)11-15-5-9-18(31-3)10-6-15/h5-10,12-13H,4,11H2,1-3H3,(H,24,28)(H,26,30)(H,25,27,29). The third-order valence-electron chi connectivity index (χ3n) is 4.61. The first-order valence-electron chi connectivity index (χ1n) is 9.83. The summed E-state index contributed by atoms with van der Waals surface area (Å²) in [6, 6.07) is 13.8. The van der Waals surface area contributed by atoms with Crippen LogP contribution < -0.4 is 20.9 Å². The summed E-state index contributed by atoms with van der Waals surface area (Å²) in [5, 5.41) is 5.50. The van der Waals surface area contributed by atoms with E-state index in [2.05, 4.69) is 20.6 Å². The van der Waals surface area contributed by atoms with E-state index in [9.17, 15) is 14.4 Å². The maximum absolute atomic E-state index is 12.8. The molecule has 160 valence electrons. The van der Waals surface area contributed by atoms with Crippen molar-refractivity contribution in [2.45, 2.75) is 26.7 Å². The molecule has 0 radical (unpaired) electrons. The van der Waals surface area contributed by atoms with Gasteiger partial charge in [0.15, 0.2) is 0 Å². The highest BCUT2D eigenvalue weighted by Crippen LogP contribution is 2.22. The first-order valence-corrected chi connectivity index (χ1v) is 9.83. The van der Waals surface area contributed by atoms with Crippen LogP contribution in [0.4, 0.5) is 11.4 Å². The maximum Gasteiger partial charge on any atom is 0.274 e. The van der Waals surface area contributed by atoms with Gasteiger partial charge in [0, 0.05) is 30.8 Å². The molecule has 0 fully saturated rings. The Morgan fingerprint density at radius 3 is 2.45 bits per heavy atom. The van der Waals surface area contributed by atoms with E-state index < -0.39 is 11.5 Å². The predicted octanol–water partition coefficient (Wildman–Crippen LogP) is 3.14. The van der Waals surface area contributed by atoms with Crippen LogP contribution in [0.2, 0.25) is 0 Å². The van der Waals surface area contributed by atoms with Gasteiger partial charge in [0.25, 0.3) is 11.5 Å². The molecule has 0 aliphatic rings. The normalized spacial score (nSPS) is 10.4. The number of anilines is 2. The van der Waals surface area contributed by atoms with Gasteiger partial charge in [0.1, 0.15) is 17.3 Å². The van der Waals surface area contributed by atoms with Crippen molar-refractivity contribution >= 4 is 23.2 Å². The van der Waals surface area contributed by atoms with Gasteiger partial charge in [-0.25, -0.2) is 4.98 Å². The lowest BCUT2D eigenvalue weighted by Gasteiger charge is -2.12. The summed E-state index contributed by atoms with van der Waals surface area (Å²) in [6.07, 6.45) is 1.04. The van der Waals surface area contributed by atoms with Gasteiger partial charge < -0.3 is 20.4 Å². The number of carbonyl (C=O) groups is 2. The van der Waals surface area contributed by atoms with Crippen LogP contribution in [-0.2, 0) is 17.6 Å². The lowest BCUT2D eigenvalue weighted by molar-refractivity contribution is -0.114. The largest absolute Gasteiger partial charge is 0.497 e. The van der Waals surface area contributed by atoms with Crippen molar-refractivity contribution in [2.75, 3.05) is 17.7 Å². The Hall–Kier alpha value is -3.94.